The molecule has 1 aromatic carbocycles. The van der Waals surface area contributed by atoms with Gasteiger partial charge in [0, 0.05) is 36.9 Å². The number of carbonyl (C=O) groups is 1. The second-order valence-corrected chi connectivity index (χ2v) is 4.51. The Bertz CT molecular complexity index is 617. The van der Waals surface area contributed by atoms with Gasteiger partial charge >= 0.3 is 0 Å². The lowest BCUT2D eigenvalue weighted by molar-refractivity contribution is 0.100. The number of aliphatic hydroxyl groups excluding tert-OH is 1. The fourth-order valence-electron chi connectivity index (χ4n) is 2.04. The Morgan fingerprint density at radius 1 is 1.42 bits per heavy atom. The molecular weight excluding hydrogens is 242 g/mol. The third-order valence-electron chi connectivity index (χ3n) is 3.14. The van der Waals surface area contributed by atoms with E-state index >= 15 is 0 Å². The molecule has 0 atom stereocenters. The van der Waals surface area contributed by atoms with Crippen molar-refractivity contribution in [3.63, 3.8) is 0 Å². The highest BCUT2D eigenvalue weighted by Crippen LogP contribution is 2.24. The Balaban J connectivity index is 2.48. The number of hydrogen-bond donors (Lipinski definition) is 2. The SMILES string of the molecule is Cc1ccc(C(N)=O)cc1-c1cc(CCO)n(C)n1. The minimum Gasteiger partial charge on any atom is -0.396 e. The van der Waals surface area contributed by atoms with Crippen molar-refractivity contribution in [3.05, 3.63) is 41.1 Å². The largest absolute Gasteiger partial charge is 0.396 e. The number of hydrogen-bond acceptors (Lipinski definition) is 3. The first kappa shape index (κ1) is 13.3. The van der Waals surface area contributed by atoms with E-state index in [1.807, 2.05) is 26.1 Å². The summed E-state index contributed by atoms with van der Waals surface area (Å²) < 4.78 is 1.74. The molecule has 19 heavy (non-hydrogen) atoms. The molecule has 0 fully saturated rings. The number of nitrogens with two attached hydrogens (primary N) is 1. The van der Waals surface area contributed by atoms with Gasteiger partial charge in [-0.2, -0.15) is 5.10 Å². The maximum atomic E-state index is 11.2. The van der Waals surface area contributed by atoms with Crippen molar-refractivity contribution in [1.82, 2.24) is 9.78 Å². The van der Waals surface area contributed by atoms with Gasteiger partial charge in [0.1, 0.15) is 0 Å². The molecule has 0 saturated carbocycles. The van der Waals surface area contributed by atoms with Crippen molar-refractivity contribution < 1.29 is 9.90 Å². The van der Waals surface area contributed by atoms with Crippen LogP contribution in [0.1, 0.15) is 21.6 Å². The molecule has 0 unspecified atom stereocenters. The molecule has 100 valence electrons. The number of rotatable bonds is 4. The van der Waals surface area contributed by atoms with Crippen LogP contribution in [0.5, 0.6) is 0 Å². The van der Waals surface area contributed by atoms with E-state index < -0.39 is 5.91 Å². The molecule has 0 aliphatic rings. The molecule has 3 N–H and O–H groups in total. The zero-order valence-corrected chi connectivity index (χ0v) is 11.1. The number of amides is 1. The molecular formula is C14H17N3O2. The van der Waals surface area contributed by atoms with Crippen molar-refractivity contribution in [2.24, 2.45) is 12.8 Å². The lowest BCUT2D eigenvalue weighted by atomic mass is 10.0. The quantitative estimate of drug-likeness (QED) is 0.860. The number of aryl methyl sites for hydroxylation is 2. The van der Waals surface area contributed by atoms with Crippen LogP contribution >= 0.6 is 0 Å². The van der Waals surface area contributed by atoms with Crippen LogP contribution in [0.3, 0.4) is 0 Å². The first-order valence-electron chi connectivity index (χ1n) is 6.07. The summed E-state index contributed by atoms with van der Waals surface area (Å²) in [5.74, 6) is -0.451. The smallest absolute Gasteiger partial charge is 0.248 e. The van der Waals surface area contributed by atoms with Gasteiger partial charge in [-0.1, -0.05) is 6.07 Å². The Labute approximate surface area is 111 Å². The van der Waals surface area contributed by atoms with Crippen molar-refractivity contribution >= 4 is 5.91 Å². The molecule has 0 aliphatic heterocycles. The highest BCUT2D eigenvalue weighted by molar-refractivity contribution is 5.94. The second-order valence-electron chi connectivity index (χ2n) is 4.51. The summed E-state index contributed by atoms with van der Waals surface area (Å²) in [5, 5.41) is 13.4. The van der Waals surface area contributed by atoms with Gasteiger partial charge in [-0.15, -0.1) is 0 Å². The van der Waals surface area contributed by atoms with E-state index in [0.29, 0.717) is 12.0 Å². The van der Waals surface area contributed by atoms with E-state index in [2.05, 4.69) is 5.10 Å². The molecule has 1 amide bonds. The van der Waals surface area contributed by atoms with Crippen LogP contribution < -0.4 is 5.73 Å². The Hall–Kier alpha value is -2.14. The van der Waals surface area contributed by atoms with Crippen molar-refractivity contribution in [1.29, 1.82) is 0 Å². The third-order valence-corrected chi connectivity index (χ3v) is 3.14. The topological polar surface area (TPSA) is 81.1 Å². The molecule has 1 heterocycles. The predicted octanol–water partition coefficient (Wildman–Crippen LogP) is 1.03. The van der Waals surface area contributed by atoms with Gasteiger partial charge < -0.3 is 10.8 Å². The average Bonchev–Trinajstić information content (AvgIpc) is 2.71. The van der Waals surface area contributed by atoms with E-state index in [4.69, 9.17) is 10.8 Å². The number of aliphatic hydroxyl groups is 1. The fourth-order valence-corrected chi connectivity index (χ4v) is 2.04. The summed E-state index contributed by atoms with van der Waals surface area (Å²) in [5.41, 5.74) is 9.40. The number of aromatic nitrogens is 2. The minimum atomic E-state index is -0.451. The van der Waals surface area contributed by atoms with E-state index in [1.165, 1.54) is 0 Å². The van der Waals surface area contributed by atoms with Gasteiger partial charge in [-0.3, -0.25) is 9.48 Å². The summed E-state index contributed by atoms with van der Waals surface area (Å²) in [6.45, 7) is 2.04. The molecule has 2 aromatic rings. The molecule has 2 rings (SSSR count). The first-order chi connectivity index (χ1) is 9.02. The standard InChI is InChI=1S/C14H17N3O2/c1-9-3-4-10(14(15)19)7-12(9)13-8-11(5-6-18)17(2)16-13/h3-4,7-8,18H,5-6H2,1-2H3,(H2,15,19). The van der Waals surface area contributed by atoms with Crippen molar-refractivity contribution in [2.75, 3.05) is 6.61 Å². The zero-order valence-electron chi connectivity index (χ0n) is 11.1. The average molecular weight is 259 g/mol. The van der Waals surface area contributed by atoms with Crippen LogP contribution in [0.25, 0.3) is 11.3 Å². The Kier molecular flexibility index (Phi) is 3.66. The normalized spacial score (nSPS) is 10.7. The van der Waals surface area contributed by atoms with Crippen molar-refractivity contribution in [2.45, 2.75) is 13.3 Å². The minimum absolute atomic E-state index is 0.0826. The Morgan fingerprint density at radius 2 is 2.16 bits per heavy atom. The van der Waals surface area contributed by atoms with Gasteiger partial charge in [-0.05, 0) is 30.7 Å². The highest BCUT2D eigenvalue weighted by Gasteiger charge is 2.11. The van der Waals surface area contributed by atoms with Crippen LogP contribution in [-0.2, 0) is 13.5 Å². The van der Waals surface area contributed by atoms with Crippen LogP contribution in [0.4, 0.5) is 0 Å². The summed E-state index contributed by atoms with van der Waals surface area (Å²) in [6, 6.07) is 7.24. The monoisotopic (exact) mass is 259 g/mol. The highest BCUT2D eigenvalue weighted by atomic mass is 16.3. The summed E-state index contributed by atoms with van der Waals surface area (Å²) in [4.78, 5) is 11.2. The molecule has 1 aromatic heterocycles. The molecule has 5 nitrogen and oxygen atoms in total. The summed E-state index contributed by atoms with van der Waals surface area (Å²) in [7, 11) is 1.84. The molecule has 5 heteroatoms. The van der Waals surface area contributed by atoms with Crippen LogP contribution in [0.2, 0.25) is 0 Å². The number of benzene rings is 1. The number of nitrogens with zero attached hydrogens (tertiary/aromatic N) is 2. The predicted molar refractivity (Wildman–Crippen MR) is 72.7 cm³/mol. The van der Waals surface area contributed by atoms with Gasteiger partial charge in [0.25, 0.3) is 0 Å². The van der Waals surface area contributed by atoms with E-state index in [-0.39, 0.29) is 6.61 Å². The van der Waals surface area contributed by atoms with E-state index in [0.717, 1.165) is 22.5 Å². The lowest BCUT2D eigenvalue weighted by Crippen LogP contribution is -2.11. The molecule has 0 bridgehead atoms. The van der Waals surface area contributed by atoms with Gasteiger partial charge in [0.05, 0.1) is 5.69 Å². The van der Waals surface area contributed by atoms with Crippen LogP contribution in [0, 0.1) is 6.92 Å². The fraction of sp³-hybridized carbons (Fsp3) is 0.286. The Morgan fingerprint density at radius 3 is 2.79 bits per heavy atom. The van der Waals surface area contributed by atoms with Gasteiger partial charge in [0.15, 0.2) is 0 Å². The lowest BCUT2D eigenvalue weighted by Gasteiger charge is -2.04. The van der Waals surface area contributed by atoms with E-state index in [9.17, 15) is 4.79 Å². The van der Waals surface area contributed by atoms with E-state index in [1.54, 1.807) is 16.8 Å². The second kappa shape index (κ2) is 5.24. The maximum Gasteiger partial charge on any atom is 0.248 e. The van der Waals surface area contributed by atoms with Gasteiger partial charge in [-0.25, -0.2) is 0 Å². The number of primary amides is 1. The summed E-state index contributed by atoms with van der Waals surface area (Å²) in [6.07, 6.45) is 0.554. The maximum absolute atomic E-state index is 11.2. The zero-order chi connectivity index (χ0) is 14.0. The van der Waals surface area contributed by atoms with Crippen LogP contribution in [-0.4, -0.2) is 27.4 Å². The molecule has 0 saturated heterocycles. The molecule has 0 radical (unpaired) electrons. The number of carbonyl (C=O) groups excluding carboxylic acids is 1. The molecule has 0 aliphatic carbocycles. The molecule has 0 spiro atoms. The third kappa shape index (κ3) is 2.66. The van der Waals surface area contributed by atoms with Crippen LogP contribution in [0.15, 0.2) is 24.3 Å². The van der Waals surface area contributed by atoms with Gasteiger partial charge in [0.2, 0.25) is 5.91 Å². The summed E-state index contributed by atoms with van der Waals surface area (Å²) >= 11 is 0. The first-order valence-corrected chi connectivity index (χ1v) is 6.07. The van der Waals surface area contributed by atoms with Crippen molar-refractivity contribution in [3.8, 4) is 11.3 Å².